The third-order valence-corrected chi connectivity index (χ3v) is 4.29. The molecule has 7 heteroatoms. The summed E-state index contributed by atoms with van der Waals surface area (Å²) < 4.78 is 5.26. The van der Waals surface area contributed by atoms with Gasteiger partial charge in [0, 0.05) is 18.8 Å². The van der Waals surface area contributed by atoms with E-state index in [-0.39, 0.29) is 11.9 Å². The van der Waals surface area contributed by atoms with E-state index in [4.69, 9.17) is 4.74 Å². The van der Waals surface area contributed by atoms with E-state index < -0.39 is 6.03 Å². The number of carbonyl (C=O) groups is 2. The molecule has 3 amide bonds. The number of piperazine rings is 1. The van der Waals surface area contributed by atoms with Crippen molar-refractivity contribution in [2.75, 3.05) is 45.2 Å². The number of imide groups is 1. The number of amides is 3. The predicted octanol–water partition coefficient (Wildman–Crippen LogP) is -0.756. The minimum absolute atomic E-state index is 0.241. The minimum atomic E-state index is -0.462. The first kappa shape index (κ1) is 17.1. The van der Waals surface area contributed by atoms with Gasteiger partial charge in [0.1, 0.15) is 5.75 Å². The lowest BCUT2D eigenvalue weighted by Gasteiger charge is -2.36. The Labute approximate surface area is 136 Å². The van der Waals surface area contributed by atoms with Crippen LogP contribution in [0, 0.1) is 0 Å². The van der Waals surface area contributed by atoms with Crippen molar-refractivity contribution in [3.8, 4) is 5.75 Å². The second-order valence-electron chi connectivity index (χ2n) is 5.64. The fraction of sp³-hybridized carbons (Fsp3) is 0.500. The Hall–Kier alpha value is -2.28. The lowest BCUT2D eigenvalue weighted by molar-refractivity contribution is -0.914. The number of quaternary nitrogens is 1. The monoisotopic (exact) mass is 321 g/mol. The molecule has 1 aromatic rings. The third-order valence-electron chi connectivity index (χ3n) is 4.29. The zero-order chi connectivity index (χ0) is 16.8. The van der Waals surface area contributed by atoms with Crippen LogP contribution in [-0.2, 0) is 4.79 Å². The Morgan fingerprint density at radius 1 is 1.30 bits per heavy atom. The molecule has 0 saturated carbocycles. The van der Waals surface area contributed by atoms with Crippen LogP contribution in [0.15, 0.2) is 24.3 Å². The van der Waals surface area contributed by atoms with Gasteiger partial charge in [0.2, 0.25) is 0 Å². The average Bonchev–Trinajstić information content (AvgIpc) is 2.61. The van der Waals surface area contributed by atoms with Crippen molar-refractivity contribution in [1.82, 2.24) is 10.6 Å². The minimum Gasteiger partial charge on any atom is -0.497 e. The topological polar surface area (TPSA) is 75.1 Å². The van der Waals surface area contributed by atoms with Crippen molar-refractivity contribution in [3.63, 3.8) is 0 Å². The summed E-state index contributed by atoms with van der Waals surface area (Å²) in [6.45, 7) is 5.27. The summed E-state index contributed by atoms with van der Waals surface area (Å²) in [5.74, 6) is 0.602. The molecule has 1 saturated heterocycles. The van der Waals surface area contributed by atoms with Crippen LogP contribution >= 0.6 is 0 Å². The Morgan fingerprint density at radius 3 is 2.61 bits per heavy atom. The van der Waals surface area contributed by atoms with Crippen molar-refractivity contribution in [2.45, 2.75) is 13.0 Å². The number of carbonyl (C=O) groups excluding carboxylic acids is 2. The number of ether oxygens (including phenoxy) is 1. The second kappa shape index (κ2) is 7.82. The molecular formula is C16H25N4O3+. The van der Waals surface area contributed by atoms with E-state index in [1.54, 1.807) is 7.11 Å². The van der Waals surface area contributed by atoms with Crippen LogP contribution in [0.3, 0.4) is 0 Å². The van der Waals surface area contributed by atoms with Gasteiger partial charge in [-0.1, -0.05) is 6.07 Å². The van der Waals surface area contributed by atoms with Gasteiger partial charge < -0.3 is 19.9 Å². The highest BCUT2D eigenvalue weighted by Gasteiger charge is 2.30. The Kier molecular flexibility index (Phi) is 5.81. The number of nitrogens with zero attached hydrogens (tertiary/aromatic N) is 1. The first-order chi connectivity index (χ1) is 11.0. The first-order valence-electron chi connectivity index (χ1n) is 7.81. The van der Waals surface area contributed by atoms with Gasteiger partial charge in [0.25, 0.3) is 5.91 Å². The third kappa shape index (κ3) is 4.35. The molecule has 0 bridgehead atoms. The number of rotatable bonds is 4. The van der Waals surface area contributed by atoms with E-state index >= 15 is 0 Å². The Morgan fingerprint density at radius 2 is 2.00 bits per heavy atom. The van der Waals surface area contributed by atoms with Gasteiger partial charge >= 0.3 is 6.03 Å². The molecule has 0 radical (unpaired) electrons. The van der Waals surface area contributed by atoms with E-state index in [1.165, 1.54) is 11.9 Å². The molecule has 1 aliphatic rings. The normalized spacial score (nSPS) is 16.6. The number of anilines is 1. The summed E-state index contributed by atoms with van der Waals surface area (Å²) in [6, 6.07) is 7.28. The van der Waals surface area contributed by atoms with Crippen molar-refractivity contribution in [1.29, 1.82) is 0 Å². The van der Waals surface area contributed by atoms with Crippen LogP contribution in [-0.4, -0.2) is 58.3 Å². The number of urea groups is 1. The molecule has 2 rings (SSSR count). The summed E-state index contributed by atoms with van der Waals surface area (Å²) in [6.07, 6.45) is 0. The largest absolute Gasteiger partial charge is 0.497 e. The maximum atomic E-state index is 12.0. The fourth-order valence-corrected chi connectivity index (χ4v) is 2.76. The number of benzene rings is 1. The lowest BCUT2D eigenvalue weighted by atomic mass is 10.2. The maximum absolute atomic E-state index is 12.0. The SMILES string of the molecule is CNC(=O)NC(=O)[C@H](C)[NH+]1CCN(c2cccc(OC)c2)CC1. The quantitative estimate of drug-likeness (QED) is 0.682. The van der Waals surface area contributed by atoms with E-state index in [9.17, 15) is 9.59 Å². The van der Waals surface area contributed by atoms with E-state index in [1.807, 2.05) is 25.1 Å². The molecule has 23 heavy (non-hydrogen) atoms. The van der Waals surface area contributed by atoms with Gasteiger partial charge in [-0.25, -0.2) is 4.79 Å². The molecule has 1 atom stereocenters. The average molecular weight is 321 g/mol. The molecule has 7 nitrogen and oxygen atoms in total. The van der Waals surface area contributed by atoms with E-state index in [0.29, 0.717) is 0 Å². The molecule has 126 valence electrons. The van der Waals surface area contributed by atoms with Crippen LogP contribution in [0.5, 0.6) is 5.75 Å². The molecule has 1 heterocycles. The van der Waals surface area contributed by atoms with E-state index in [2.05, 4.69) is 21.6 Å². The number of methoxy groups -OCH3 is 1. The number of nitrogens with one attached hydrogen (secondary N) is 3. The van der Waals surface area contributed by atoms with Crippen molar-refractivity contribution < 1.29 is 19.2 Å². The zero-order valence-corrected chi connectivity index (χ0v) is 13.9. The fourth-order valence-electron chi connectivity index (χ4n) is 2.76. The van der Waals surface area contributed by atoms with Gasteiger partial charge in [-0.15, -0.1) is 0 Å². The number of hydrogen-bond donors (Lipinski definition) is 3. The standard InChI is InChI=1S/C16H24N4O3/c1-12(15(21)18-16(22)17-2)19-7-9-20(10-8-19)13-5-4-6-14(11-13)23-3/h4-6,11-12H,7-10H2,1-3H3,(H2,17,18,21,22)/p+1/t12-/m0/s1. The highest BCUT2D eigenvalue weighted by molar-refractivity contribution is 5.96. The molecular weight excluding hydrogens is 296 g/mol. The van der Waals surface area contributed by atoms with Crippen LogP contribution in [0.1, 0.15) is 6.92 Å². The Balaban J connectivity index is 1.90. The first-order valence-corrected chi connectivity index (χ1v) is 7.81. The maximum Gasteiger partial charge on any atom is 0.321 e. The summed E-state index contributed by atoms with van der Waals surface area (Å²) in [5, 5.41) is 4.74. The zero-order valence-electron chi connectivity index (χ0n) is 13.9. The molecule has 1 fully saturated rings. The summed E-state index contributed by atoms with van der Waals surface area (Å²) in [4.78, 5) is 26.7. The highest BCUT2D eigenvalue weighted by atomic mass is 16.5. The Bertz CT molecular complexity index is 556. The smallest absolute Gasteiger partial charge is 0.321 e. The van der Waals surface area contributed by atoms with Crippen LogP contribution in [0.25, 0.3) is 0 Å². The van der Waals surface area contributed by atoms with Gasteiger partial charge in [-0.3, -0.25) is 10.1 Å². The van der Waals surface area contributed by atoms with Crippen molar-refractivity contribution in [2.24, 2.45) is 0 Å². The number of hydrogen-bond acceptors (Lipinski definition) is 4. The second-order valence-corrected chi connectivity index (χ2v) is 5.64. The van der Waals surface area contributed by atoms with Crippen molar-refractivity contribution >= 4 is 17.6 Å². The molecule has 0 spiro atoms. The summed E-state index contributed by atoms with van der Waals surface area (Å²) in [5.41, 5.74) is 1.13. The predicted molar refractivity (Wildman–Crippen MR) is 88.0 cm³/mol. The van der Waals surface area contributed by atoms with Crippen LogP contribution in [0.4, 0.5) is 10.5 Å². The van der Waals surface area contributed by atoms with Crippen LogP contribution < -0.4 is 25.2 Å². The molecule has 0 aliphatic carbocycles. The van der Waals surface area contributed by atoms with Crippen molar-refractivity contribution in [3.05, 3.63) is 24.3 Å². The van der Waals surface area contributed by atoms with E-state index in [0.717, 1.165) is 37.6 Å². The molecule has 1 aromatic carbocycles. The van der Waals surface area contributed by atoms with Gasteiger partial charge in [-0.2, -0.15) is 0 Å². The molecule has 3 N–H and O–H groups in total. The molecule has 0 aromatic heterocycles. The summed E-state index contributed by atoms with van der Waals surface area (Å²) >= 11 is 0. The van der Waals surface area contributed by atoms with Gasteiger partial charge in [-0.05, 0) is 19.1 Å². The highest BCUT2D eigenvalue weighted by Crippen LogP contribution is 2.20. The van der Waals surface area contributed by atoms with Crippen LogP contribution in [0.2, 0.25) is 0 Å². The molecule has 0 unspecified atom stereocenters. The molecule has 1 aliphatic heterocycles. The lowest BCUT2D eigenvalue weighted by Crippen LogP contribution is -3.19. The summed E-state index contributed by atoms with van der Waals surface area (Å²) in [7, 11) is 3.15. The van der Waals surface area contributed by atoms with Gasteiger partial charge in [0.15, 0.2) is 6.04 Å². The van der Waals surface area contributed by atoms with Gasteiger partial charge in [0.05, 0.1) is 33.3 Å².